The zero-order valence-corrected chi connectivity index (χ0v) is 12.8. The van der Waals surface area contributed by atoms with Gasteiger partial charge in [-0.05, 0) is 51.2 Å². The lowest BCUT2D eigenvalue weighted by Crippen LogP contribution is -2.42. The van der Waals surface area contributed by atoms with Crippen molar-refractivity contribution in [3.63, 3.8) is 0 Å². The Hall–Kier alpha value is -2.01. The fraction of sp³-hybridized carbons (Fsp3) is 0.438. The van der Waals surface area contributed by atoms with Gasteiger partial charge >= 0.3 is 0 Å². The number of anilines is 3. The molecule has 1 fully saturated rings. The van der Waals surface area contributed by atoms with E-state index in [9.17, 15) is 4.79 Å². The molecule has 1 aromatic rings. The third kappa shape index (κ3) is 3.76. The number of amides is 1. The number of nitrogen functional groups attached to an aromatic ring is 1. The Labute approximate surface area is 126 Å². The molecule has 1 amide bonds. The molecule has 5 heteroatoms. The summed E-state index contributed by atoms with van der Waals surface area (Å²) in [6.45, 7) is 5.49. The molecule has 0 saturated carbocycles. The summed E-state index contributed by atoms with van der Waals surface area (Å²) in [5, 5.41) is 2.75. The number of nitrogens with zero attached hydrogens (tertiary/aromatic N) is 2. The van der Waals surface area contributed by atoms with Crippen molar-refractivity contribution in [3.8, 4) is 0 Å². The highest BCUT2D eigenvalue weighted by molar-refractivity contribution is 6.01. The van der Waals surface area contributed by atoms with Crippen molar-refractivity contribution in [2.45, 2.75) is 18.9 Å². The van der Waals surface area contributed by atoms with E-state index in [-0.39, 0.29) is 5.91 Å². The van der Waals surface area contributed by atoms with Gasteiger partial charge in [0.15, 0.2) is 0 Å². The maximum Gasteiger partial charge on any atom is 0.247 e. The van der Waals surface area contributed by atoms with E-state index in [1.165, 1.54) is 6.08 Å². The Kier molecular flexibility index (Phi) is 4.85. The Balaban J connectivity index is 2.09. The highest BCUT2D eigenvalue weighted by atomic mass is 16.1. The summed E-state index contributed by atoms with van der Waals surface area (Å²) in [4.78, 5) is 16.1. The van der Waals surface area contributed by atoms with Crippen molar-refractivity contribution < 1.29 is 4.79 Å². The van der Waals surface area contributed by atoms with Crippen LogP contribution < -0.4 is 16.0 Å². The first-order chi connectivity index (χ1) is 10.0. The molecule has 5 nitrogen and oxygen atoms in total. The number of piperidine rings is 1. The number of hydrogen-bond donors (Lipinski definition) is 2. The minimum Gasteiger partial charge on any atom is -0.397 e. The van der Waals surface area contributed by atoms with Crippen molar-refractivity contribution in [1.82, 2.24) is 4.90 Å². The van der Waals surface area contributed by atoms with Crippen LogP contribution in [-0.2, 0) is 4.79 Å². The molecule has 0 spiro atoms. The smallest absolute Gasteiger partial charge is 0.247 e. The number of nitrogens with one attached hydrogen (secondary N) is 1. The van der Waals surface area contributed by atoms with Crippen LogP contribution in [-0.4, -0.2) is 44.0 Å². The lowest BCUT2D eigenvalue weighted by molar-refractivity contribution is -0.111. The van der Waals surface area contributed by atoms with E-state index in [1.807, 2.05) is 18.2 Å². The first-order valence-corrected chi connectivity index (χ1v) is 7.25. The summed E-state index contributed by atoms with van der Waals surface area (Å²) in [7, 11) is 4.26. The second kappa shape index (κ2) is 6.63. The topological polar surface area (TPSA) is 61.6 Å². The molecule has 1 aromatic carbocycles. The molecule has 0 unspecified atom stereocenters. The molecule has 0 radical (unpaired) electrons. The molecular weight excluding hydrogens is 264 g/mol. The number of carbonyl (C=O) groups is 1. The molecule has 0 atom stereocenters. The van der Waals surface area contributed by atoms with Crippen LogP contribution >= 0.6 is 0 Å². The predicted octanol–water partition coefficient (Wildman–Crippen LogP) is 1.92. The maximum atomic E-state index is 11.4. The lowest BCUT2D eigenvalue weighted by atomic mass is 10.0. The predicted molar refractivity (Wildman–Crippen MR) is 88.6 cm³/mol. The summed E-state index contributed by atoms with van der Waals surface area (Å²) >= 11 is 0. The molecule has 1 heterocycles. The molecule has 3 N–H and O–H groups in total. The van der Waals surface area contributed by atoms with Gasteiger partial charge in [0.05, 0.1) is 11.4 Å². The average molecular weight is 288 g/mol. The van der Waals surface area contributed by atoms with Crippen LogP contribution in [0.4, 0.5) is 17.1 Å². The highest BCUT2D eigenvalue weighted by Gasteiger charge is 2.21. The number of benzene rings is 1. The zero-order chi connectivity index (χ0) is 15.4. The Morgan fingerprint density at radius 1 is 1.43 bits per heavy atom. The monoisotopic (exact) mass is 288 g/mol. The van der Waals surface area contributed by atoms with Crippen LogP contribution in [0.15, 0.2) is 30.9 Å². The van der Waals surface area contributed by atoms with Gasteiger partial charge in [-0.3, -0.25) is 4.79 Å². The van der Waals surface area contributed by atoms with Crippen LogP contribution in [0.1, 0.15) is 12.8 Å². The van der Waals surface area contributed by atoms with E-state index in [2.05, 4.69) is 35.8 Å². The first-order valence-electron chi connectivity index (χ1n) is 7.25. The van der Waals surface area contributed by atoms with Gasteiger partial charge in [-0.25, -0.2) is 0 Å². The summed E-state index contributed by atoms with van der Waals surface area (Å²) in [5.74, 6) is -0.245. The summed E-state index contributed by atoms with van der Waals surface area (Å²) in [6, 6.07) is 6.43. The van der Waals surface area contributed by atoms with E-state index in [0.29, 0.717) is 17.4 Å². The van der Waals surface area contributed by atoms with Crippen molar-refractivity contribution >= 4 is 23.0 Å². The molecule has 1 aliphatic rings. The van der Waals surface area contributed by atoms with Crippen LogP contribution in [0, 0.1) is 0 Å². The van der Waals surface area contributed by atoms with Crippen molar-refractivity contribution in [2.75, 3.05) is 43.1 Å². The van der Waals surface area contributed by atoms with E-state index in [4.69, 9.17) is 5.73 Å². The summed E-state index contributed by atoms with van der Waals surface area (Å²) in [5.41, 5.74) is 8.22. The van der Waals surface area contributed by atoms with Gasteiger partial charge in [0, 0.05) is 24.8 Å². The molecule has 0 aliphatic carbocycles. The normalized spacial score (nSPS) is 16.0. The van der Waals surface area contributed by atoms with Crippen LogP contribution in [0.5, 0.6) is 0 Å². The van der Waals surface area contributed by atoms with Gasteiger partial charge in [-0.15, -0.1) is 0 Å². The average Bonchev–Trinajstić information content (AvgIpc) is 2.49. The maximum absolute atomic E-state index is 11.4. The van der Waals surface area contributed by atoms with E-state index >= 15 is 0 Å². The van der Waals surface area contributed by atoms with Gasteiger partial charge in [0.2, 0.25) is 5.91 Å². The van der Waals surface area contributed by atoms with Crippen molar-refractivity contribution in [1.29, 1.82) is 0 Å². The third-order valence-corrected chi connectivity index (χ3v) is 4.04. The largest absolute Gasteiger partial charge is 0.397 e. The summed E-state index contributed by atoms with van der Waals surface area (Å²) < 4.78 is 0. The second-order valence-corrected chi connectivity index (χ2v) is 5.65. The summed E-state index contributed by atoms with van der Waals surface area (Å²) in [6.07, 6.45) is 3.53. The fourth-order valence-electron chi connectivity index (χ4n) is 2.67. The molecule has 0 bridgehead atoms. The quantitative estimate of drug-likeness (QED) is 0.656. The molecule has 21 heavy (non-hydrogen) atoms. The van der Waals surface area contributed by atoms with E-state index in [1.54, 1.807) is 0 Å². The van der Waals surface area contributed by atoms with Gasteiger partial charge in [0.1, 0.15) is 0 Å². The number of hydrogen-bond acceptors (Lipinski definition) is 4. The molecule has 1 aliphatic heterocycles. The molecule has 1 saturated heterocycles. The van der Waals surface area contributed by atoms with Gasteiger partial charge in [0.25, 0.3) is 0 Å². The Bertz CT molecular complexity index is 519. The Morgan fingerprint density at radius 2 is 2.10 bits per heavy atom. The van der Waals surface area contributed by atoms with E-state index in [0.717, 1.165) is 31.6 Å². The minimum atomic E-state index is -0.245. The third-order valence-electron chi connectivity index (χ3n) is 4.04. The van der Waals surface area contributed by atoms with Crippen LogP contribution in [0.25, 0.3) is 0 Å². The molecule has 0 aromatic heterocycles. The van der Waals surface area contributed by atoms with Crippen molar-refractivity contribution in [2.24, 2.45) is 0 Å². The van der Waals surface area contributed by atoms with Gasteiger partial charge < -0.3 is 20.9 Å². The van der Waals surface area contributed by atoms with E-state index < -0.39 is 0 Å². The number of rotatable bonds is 4. The molecule has 114 valence electrons. The standard InChI is InChI=1S/C16H24N4O/c1-4-16(21)18-15-11-13(5-6-14(15)17)20-9-7-12(8-10-20)19(2)3/h4-6,11-12H,1,7-10,17H2,2-3H3,(H,18,21). The van der Waals surface area contributed by atoms with Gasteiger partial charge in [-0.1, -0.05) is 6.58 Å². The lowest BCUT2D eigenvalue weighted by Gasteiger charge is -2.36. The van der Waals surface area contributed by atoms with Crippen LogP contribution in [0.2, 0.25) is 0 Å². The van der Waals surface area contributed by atoms with Crippen LogP contribution in [0.3, 0.4) is 0 Å². The first kappa shape index (κ1) is 15.4. The molecular formula is C16H24N4O. The molecule has 2 rings (SSSR count). The fourth-order valence-corrected chi connectivity index (χ4v) is 2.67. The minimum absolute atomic E-state index is 0.245. The SMILES string of the molecule is C=CC(=O)Nc1cc(N2CCC(N(C)C)CC2)ccc1N. The van der Waals surface area contributed by atoms with Crippen molar-refractivity contribution in [3.05, 3.63) is 30.9 Å². The van der Waals surface area contributed by atoms with Gasteiger partial charge in [-0.2, -0.15) is 0 Å². The number of carbonyl (C=O) groups excluding carboxylic acids is 1. The highest BCUT2D eigenvalue weighted by Crippen LogP contribution is 2.28. The zero-order valence-electron chi connectivity index (χ0n) is 12.8. The Morgan fingerprint density at radius 3 is 2.67 bits per heavy atom. The second-order valence-electron chi connectivity index (χ2n) is 5.65. The number of nitrogens with two attached hydrogens (primary N) is 1.